The van der Waals surface area contributed by atoms with Crippen molar-refractivity contribution in [2.24, 2.45) is 0 Å². The van der Waals surface area contributed by atoms with Crippen molar-refractivity contribution in [3.05, 3.63) is 83.2 Å². The van der Waals surface area contributed by atoms with Crippen LogP contribution in [0.2, 0.25) is 0 Å². The number of benzene rings is 1. The molecule has 33 heavy (non-hydrogen) atoms. The molecule has 4 heterocycles. The summed E-state index contributed by atoms with van der Waals surface area (Å²) in [6.07, 6.45) is 7.94. The first-order valence-corrected chi connectivity index (χ1v) is 10.5. The van der Waals surface area contributed by atoms with Crippen molar-refractivity contribution in [1.29, 1.82) is 0 Å². The molecule has 0 saturated heterocycles. The van der Waals surface area contributed by atoms with Crippen molar-refractivity contribution in [3.63, 3.8) is 0 Å². The Morgan fingerprint density at radius 2 is 2.03 bits per heavy atom. The van der Waals surface area contributed by atoms with Crippen LogP contribution in [0.4, 0.5) is 17.3 Å². The Kier molecular flexibility index (Phi) is 5.37. The van der Waals surface area contributed by atoms with Gasteiger partial charge in [0.15, 0.2) is 5.82 Å². The average molecular weight is 445 g/mol. The lowest BCUT2D eigenvalue weighted by molar-refractivity contribution is 0.0782. The van der Waals surface area contributed by atoms with Crippen LogP contribution in [0, 0.1) is 0 Å². The third-order valence-electron chi connectivity index (χ3n) is 5.40. The van der Waals surface area contributed by atoms with Gasteiger partial charge in [-0.2, -0.15) is 5.10 Å². The first kappa shape index (κ1) is 20.5. The summed E-state index contributed by atoms with van der Waals surface area (Å²) in [7, 11) is 1.76. The number of pyridine rings is 1. The highest BCUT2D eigenvalue weighted by atomic mass is 16.2. The van der Waals surface area contributed by atoms with E-state index < -0.39 is 0 Å². The third-order valence-corrected chi connectivity index (χ3v) is 5.40. The van der Waals surface area contributed by atoms with Crippen LogP contribution in [0.15, 0.2) is 55.1 Å². The van der Waals surface area contributed by atoms with Gasteiger partial charge in [-0.1, -0.05) is 12.1 Å². The summed E-state index contributed by atoms with van der Waals surface area (Å²) in [5.74, 6) is 1.83. The van der Waals surface area contributed by atoms with Gasteiger partial charge in [-0.25, -0.2) is 9.97 Å². The van der Waals surface area contributed by atoms with Crippen LogP contribution >= 0.6 is 0 Å². The van der Waals surface area contributed by atoms with Gasteiger partial charge >= 0.3 is 0 Å². The number of fused-ring (bicyclic) bond motifs is 1. The quantitative estimate of drug-likeness (QED) is 0.290. The molecule has 11 heteroatoms. The van der Waals surface area contributed by atoms with E-state index in [1.165, 1.54) is 0 Å². The Morgan fingerprint density at radius 3 is 2.82 bits per heavy atom. The molecule has 0 aliphatic carbocycles. The topological polar surface area (TPSA) is 142 Å². The summed E-state index contributed by atoms with van der Waals surface area (Å²) >= 11 is 0. The summed E-state index contributed by atoms with van der Waals surface area (Å²) in [5.41, 5.74) is 19.4. The molecule has 0 fully saturated rings. The number of aromatic amines is 1. The van der Waals surface area contributed by atoms with Gasteiger partial charge in [0.2, 0.25) is 0 Å². The number of hydrogen-bond donors (Lipinski definition) is 5. The van der Waals surface area contributed by atoms with E-state index >= 15 is 0 Å². The highest BCUT2D eigenvalue weighted by Gasteiger charge is 2.17. The van der Waals surface area contributed by atoms with Crippen LogP contribution < -0.4 is 22.1 Å². The van der Waals surface area contributed by atoms with E-state index in [9.17, 15) is 4.79 Å². The summed E-state index contributed by atoms with van der Waals surface area (Å²) in [6, 6.07) is 9.45. The van der Waals surface area contributed by atoms with Crippen molar-refractivity contribution in [2.45, 2.75) is 19.5 Å². The number of nitrogen functional groups attached to an aromatic ring is 1. The smallest absolute Gasteiger partial charge is 0.253 e. The predicted octanol–water partition coefficient (Wildman–Crippen LogP) is 1.75. The number of carbonyl (C=O) groups is 1. The number of imidazole rings is 1. The van der Waals surface area contributed by atoms with Gasteiger partial charge < -0.3 is 21.0 Å². The Bertz CT molecular complexity index is 1260. The number of aromatic nitrogens is 5. The Labute approximate surface area is 190 Å². The molecule has 5 rings (SSSR count). The largest absolute Gasteiger partial charge is 0.384 e. The molecular weight excluding hydrogens is 420 g/mol. The van der Waals surface area contributed by atoms with Gasteiger partial charge in [0.25, 0.3) is 5.91 Å². The zero-order valence-electron chi connectivity index (χ0n) is 18.0. The number of nitrogens with zero attached hydrogens (tertiary/aromatic N) is 5. The van der Waals surface area contributed by atoms with Gasteiger partial charge in [-0.15, -0.1) is 5.53 Å². The molecule has 0 saturated carbocycles. The number of nitrogens with two attached hydrogens (primary N) is 1. The monoisotopic (exact) mass is 444 g/mol. The van der Waals surface area contributed by atoms with Crippen LogP contribution in [-0.4, -0.2) is 42.6 Å². The van der Waals surface area contributed by atoms with Gasteiger partial charge in [-0.05, 0) is 34.9 Å². The van der Waals surface area contributed by atoms with Gasteiger partial charge in [0, 0.05) is 37.6 Å². The second-order valence-corrected chi connectivity index (χ2v) is 7.92. The van der Waals surface area contributed by atoms with Crippen LogP contribution in [0.1, 0.15) is 32.9 Å². The lowest BCUT2D eigenvalue weighted by atomic mass is 10.1. The molecule has 6 N–H and O–H groups in total. The molecule has 11 nitrogen and oxygen atoms in total. The van der Waals surface area contributed by atoms with Crippen LogP contribution in [0.5, 0.6) is 0 Å². The van der Waals surface area contributed by atoms with Gasteiger partial charge in [0.05, 0.1) is 25.0 Å². The molecule has 1 amide bonds. The number of nitrogens with one attached hydrogen (secondary N) is 4. The molecule has 1 aliphatic rings. The summed E-state index contributed by atoms with van der Waals surface area (Å²) in [5, 5.41) is 4.48. The van der Waals surface area contributed by atoms with E-state index in [0.717, 1.165) is 28.2 Å². The van der Waals surface area contributed by atoms with Crippen molar-refractivity contribution >= 4 is 23.2 Å². The summed E-state index contributed by atoms with van der Waals surface area (Å²) in [4.78, 5) is 25.7. The first-order valence-electron chi connectivity index (χ1n) is 10.5. The Hall–Kier alpha value is -4.38. The van der Waals surface area contributed by atoms with Crippen molar-refractivity contribution in [1.82, 2.24) is 35.2 Å². The number of anilines is 3. The zero-order valence-corrected chi connectivity index (χ0v) is 18.0. The van der Waals surface area contributed by atoms with E-state index in [-0.39, 0.29) is 5.91 Å². The van der Waals surface area contributed by atoms with Crippen molar-refractivity contribution in [2.75, 3.05) is 23.6 Å². The molecule has 3 aromatic heterocycles. The van der Waals surface area contributed by atoms with E-state index in [1.54, 1.807) is 24.3 Å². The first-order chi connectivity index (χ1) is 16.0. The Morgan fingerprint density at radius 1 is 1.18 bits per heavy atom. The summed E-state index contributed by atoms with van der Waals surface area (Å²) in [6.45, 7) is 1.03. The lowest BCUT2D eigenvalue weighted by Gasteiger charge is -2.16. The molecule has 1 aliphatic heterocycles. The van der Waals surface area contributed by atoms with Gasteiger partial charge in [0.1, 0.15) is 11.6 Å². The molecule has 0 bridgehead atoms. The van der Waals surface area contributed by atoms with Crippen LogP contribution in [0.25, 0.3) is 0 Å². The number of hydrazine groups is 2. The number of hydrogen-bond acceptors (Lipinski definition) is 8. The fraction of sp³-hybridized carbons (Fsp3) is 0.182. The molecule has 4 aromatic rings. The number of carbonyl (C=O) groups excluding carboxylic acids is 1. The van der Waals surface area contributed by atoms with E-state index in [4.69, 9.17) is 5.73 Å². The van der Waals surface area contributed by atoms with Crippen LogP contribution in [-0.2, 0) is 19.5 Å². The normalized spacial score (nSPS) is 12.2. The summed E-state index contributed by atoms with van der Waals surface area (Å²) < 4.78 is 1.88. The maximum atomic E-state index is 12.7. The highest BCUT2D eigenvalue weighted by molar-refractivity contribution is 5.94. The van der Waals surface area contributed by atoms with Crippen molar-refractivity contribution in [3.8, 4) is 0 Å². The Balaban J connectivity index is 1.22. The minimum Gasteiger partial charge on any atom is -0.384 e. The maximum Gasteiger partial charge on any atom is 0.253 e. The minimum atomic E-state index is -0.0546. The van der Waals surface area contributed by atoms with Gasteiger partial charge in [-0.3, -0.25) is 14.9 Å². The predicted molar refractivity (Wildman–Crippen MR) is 124 cm³/mol. The van der Waals surface area contributed by atoms with E-state index in [0.29, 0.717) is 36.7 Å². The second-order valence-electron chi connectivity index (χ2n) is 7.92. The van der Waals surface area contributed by atoms with Crippen molar-refractivity contribution < 1.29 is 4.79 Å². The molecule has 0 radical (unpaired) electrons. The van der Waals surface area contributed by atoms with Crippen LogP contribution in [0.3, 0.4) is 0 Å². The average Bonchev–Trinajstić information content (AvgIpc) is 3.56. The lowest BCUT2D eigenvalue weighted by Crippen LogP contribution is -2.26. The standard InChI is InChI=1S/C22H24N10O/c1-31(13-19-24-6-7-25-19)22(33)16-4-2-14(3-5-16)11-32-12-15(10-26-32)8-17-9-18(23)27-21-20(17)28-30-29-21/h2-7,9-10,12,28,30H,8,11,13H2,1H3,(H,24,25)(H3,23,27,29). The minimum absolute atomic E-state index is 0.0546. The second kappa shape index (κ2) is 8.63. The molecule has 1 aromatic carbocycles. The van der Waals surface area contributed by atoms with E-state index in [1.807, 2.05) is 47.4 Å². The van der Waals surface area contributed by atoms with E-state index in [2.05, 4.69) is 36.4 Å². The molecular formula is C22H24N10O. The molecule has 168 valence electrons. The SMILES string of the molecule is CN(Cc1ncc[nH]1)C(=O)c1ccc(Cn2cc(Cc3cc(N)nc4c3NNN4)cn2)cc1. The number of amides is 1. The number of H-pyrrole nitrogens is 1. The molecule has 0 atom stereocenters. The fourth-order valence-electron chi connectivity index (χ4n) is 3.79. The molecule has 0 unspecified atom stereocenters. The third kappa shape index (κ3) is 4.48. The fourth-order valence-corrected chi connectivity index (χ4v) is 3.79. The maximum absolute atomic E-state index is 12.7. The zero-order chi connectivity index (χ0) is 22.8. The molecule has 0 spiro atoms. The number of rotatable bonds is 7. The highest BCUT2D eigenvalue weighted by Crippen LogP contribution is 2.30.